The van der Waals surface area contributed by atoms with E-state index in [4.69, 9.17) is 4.74 Å². The summed E-state index contributed by atoms with van der Waals surface area (Å²) in [5.41, 5.74) is -0.271. The van der Waals surface area contributed by atoms with Gasteiger partial charge in [0.2, 0.25) is 0 Å². The third-order valence-corrected chi connectivity index (χ3v) is 3.82. The standard InChI is InChI=1S/C11H25NO4S/c1-5-17(14,15)7-6-12-8-10(13)9-16-11(2,3)4/h10,12-13H,5-9H2,1-4H3. The van der Waals surface area contributed by atoms with Gasteiger partial charge in [0.25, 0.3) is 0 Å². The Hall–Kier alpha value is -0.170. The predicted octanol–water partition coefficient (Wildman–Crippen LogP) is 0.187. The number of rotatable bonds is 8. The zero-order valence-electron chi connectivity index (χ0n) is 11.2. The molecule has 0 bridgehead atoms. The summed E-state index contributed by atoms with van der Waals surface area (Å²) in [7, 11) is -2.93. The Bertz CT molecular complexity index is 295. The summed E-state index contributed by atoms with van der Waals surface area (Å²) < 4.78 is 27.7. The molecule has 0 aromatic heterocycles. The van der Waals surface area contributed by atoms with Crippen LogP contribution in [0.4, 0.5) is 0 Å². The van der Waals surface area contributed by atoms with Crippen LogP contribution in [-0.2, 0) is 14.6 Å². The number of hydrogen-bond donors (Lipinski definition) is 2. The van der Waals surface area contributed by atoms with Crippen LogP contribution in [0.5, 0.6) is 0 Å². The lowest BCUT2D eigenvalue weighted by atomic mass is 10.2. The van der Waals surface area contributed by atoms with Crippen LogP contribution >= 0.6 is 0 Å². The van der Waals surface area contributed by atoms with Gasteiger partial charge in [-0.25, -0.2) is 8.42 Å². The van der Waals surface area contributed by atoms with Crippen LogP contribution < -0.4 is 5.32 Å². The van der Waals surface area contributed by atoms with Crippen LogP contribution in [-0.4, -0.2) is 56.4 Å². The number of aliphatic hydroxyl groups is 1. The summed E-state index contributed by atoms with van der Waals surface area (Å²) >= 11 is 0. The molecule has 6 heteroatoms. The van der Waals surface area contributed by atoms with Gasteiger partial charge in [0.05, 0.1) is 24.1 Å². The Balaban J connectivity index is 3.62. The average Bonchev–Trinajstić information content (AvgIpc) is 2.20. The lowest BCUT2D eigenvalue weighted by Gasteiger charge is -2.22. The van der Waals surface area contributed by atoms with Crippen LogP contribution in [0.25, 0.3) is 0 Å². The highest BCUT2D eigenvalue weighted by Crippen LogP contribution is 2.06. The smallest absolute Gasteiger partial charge is 0.151 e. The highest BCUT2D eigenvalue weighted by Gasteiger charge is 2.13. The molecule has 0 saturated heterocycles. The molecule has 0 aliphatic heterocycles. The molecule has 1 unspecified atom stereocenters. The summed E-state index contributed by atoms with van der Waals surface area (Å²) in [5, 5.41) is 12.5. The number of ether oxygens (including phenoxy) is 1. The van der Waals surface area contributed by atoms with Crippen LogP contribution in [0, 0.1) is 0 Å². The van der Waals surface area contributed by atoms with Crippen molar-refractivity contribution in [3.8, 4) is 0 Å². The normalized spacial score (nSPS) is 14.9. The van der Waals surface area contributed by atoms with E-state index in [1.807, 2.05) is 20.8 Å². The van der Waals surface area contributed by atoms with Gasteiger partial charge in [0, 0.05) is 18.8 Å². The van der Waals surface area contributed by atoms with Crippen molar-refractivity contribution >= 4 is 9.84 Å². The number of sulfone groups is 1. The van der Waals surface area contributed by atoms with E-state index in [0.29, 0.717) is 13.1 Å². The van der Waals surface area contributed by atoms with Crippen molar-refractivity contribution in [1.82, 2.24) is 5.32 Å². The largest absolute Gasteiger partial charge is 0.389 e. The molecule has 5 nitrogen and oxygen atoms in total. The van der Waals surface area contributed by atoms with Gasteiger partial charge in [0.15, 0.2) is 9.84 Å². The quantitative estimate of drug-likeness (QED) is 0.614. The molecule has 0 saturated carbocycles. The molecule has 0 aromatic rings. The maximum absolute atomic E-state index is 11.2. The zero-order valence-corrected chi connectivity index (χ0v) is 12.0. The van der Waals surface area contributed by atoms with Crippen molar-refractivity contribution in [3.63, 3.8) is 0 Å². The second-order valence-corrected chi connectivity index (χ2v) is 7.49. The molecule has 2 N–H and O–H groups in total. The molecule has 0 spiro atoms. The van der Waals surface area contributed by atoms with Crippen molar-refractivity contribution < 1.29 is 18.3 Å². The van der Waals surface area contributed by atoms with Gasteiger partial charge in [-0.15, -0.1) is 0 Å². The topological polar surface area (TPSA) is 75.6 Å². The predicted molar refractivity (Wildman–Crippen MR) is 68.9 cm³/mol. The molecule has 104 valence electrons. The number of hydrogen-bond acceptors (Lipinski definition) is 5. The van der Waals surface area contributed by atoms with Gasteiger partial charge in [-0.05, 0) is 20.8 Å². The minimum Gasteiger partial charge on any atom is -0.389 e. The van der Waals surface area contributed by atoms with Crippen molar-refractivity contribution in [1.29, 1.82) is 0 Å². The SMILES string of the molecule is CCS(=O)(=O)CCNCC(O)COC(C)(C)C. The summed E-state index contributed by atoms with van der Waals surface area (Å²) in [6.07, 6.45) is -0.612. The van der Waals surface area contributed by atoms with E-state index < -0.39 is 15.9 Å². The molecule has 0 aliphatic rings. The van der Waals surface area contributed by atoms with Crippen LogP contribution in [0.1, 0.15) is 27.7 Å². The number of nitrogens with one attached hydrogen (secondary N) is 1. The van der Waals surface area contributed by atoms with E-state index in [0.717, 1.165) is 0 Å². The average molecular weight is 267 g/mol. The first-order chi connectivity index (χ1) is 7.66. The van der Waals surface area contributed by atoms with E-state index >= 15 is 0 Å². The van der Waals surface area contributed by atoms with Gasteiger partial charge in [-0.3, -0.25) is 0 Å². The highest BCUT2D eigenvalue weighted by molar-refractivity contribution is 7.91. The summed E-state index contributed by atoms with van der Waals surface area (Å²) in [6, 6.07) is 0. The van der Waals surface area contributed by atoms with E-state index in [1.165, 1.54) is 0 Å². The Kier molecular flexibility index (Phi) is 7.23. The second kappa shape index (κ2) is 7.31. The molecular weight excluding hydrogens is 242 g/mol. The molecule has 0 heterocycles. The van der Waals surface area contributed by atoms with E-state index in [-0.39, 0.29) is 23.7 Å². The Morgan fingerprint density at radius 2 is 1.94 bits per heavy atom. The van der Waals surface area contributed by atoms with Crippen LogP contribution in [0.15, 0.2) is 0 Å². The molecule has 1 atom stereocenters. The Morgan fingerprint density at radius 3 is 2.41 bits per heavy atom. The molecular formula is C11H25NO4S. The maximum Gasteiger partial charge on any atom is 0.151 e. The van der Waals surface area contributed by atoms with E-state index in [1.54, 1.807) is 6.92 Å². The summed E-state index contributed by atoms with van der Waals surface area (Å²) in [5.74, 6) is 0.265. The van der Waals surface area contributed by atoms with Crippen LogP contribution in [0.3, 0.4) is 0 Å². The minimum absolute atomic E-state index is 0.107. The Labute approximate surface area is 104 Å². The zero-order chi connectivity index (χ0) is 13.5. The molecule has 0 radical (unpaired) electrons. The van der Waals surface area contributed by atoms with Crippen molar-refractivity contribution in [2.24, 2.45) is 0 Å². The van der Waals surface area contributed by atoms with Gasteiger partial charge in [-0.1, -0.05) is 6.92 Å². The summed E-state index contributed by atoms with van der Waals surface area (Å²) in [4.78, 5) is 0. The fraction of sp³-hybridized carbons (Fsp3) is 1.00. The lowest BCUT2D eigenvalue weighted by molar-refractivity contribution is -0.0477. The summed E-state index contributed by atoms with van der Waals surface area (Å²) in [6.45, 7) is 8.33. The van der Waals surface area contributed by atoms with Crippen molar-refractivity contribution in [3.05, 3.63) is 0 Å². The van der Waals surface area contributed by atoms with E-state index in [2.05, 4.69) is 5.32 Å². The van der Waals surface area contributed by atoms with Gasteiger partial charge in [0.1, 0.15) is 0 Å². The fourth-order valence-electron chi connectivity index (χ4n) is 1.05. The second-order valence-electron chi connectivity index (χ2n) is 5.02. The first kappa shape index (κ1) is 16.8. The Morgan fingerprint density at radius 1 is 1.35 bits per heavy atom. The van der Waals surface area contributed by atoms with Gasteiger partial charge >= 0.3 is 0 Å². The van der Waals surface area contributed by atoms with Gasteiger partial charge in [-0.2, -0.15) is 0 Å². The third kappa shape index (κ3) is 10.7. The van der Waals surface area contributed by atoms with Crippen molar-refractivity contribution in [2.75, 3.05) is 31.2 Å². The highest BCUT2D eigenvalue weighted by atomic mass is 32.2. The first-order valence-corrected chi connectivity index (χ1v) is 7.71. The first-order valence-electron chi connectivity index (χ1n) is 5.89. The lowest BCUT2D eigenvalue weighted by Crippen LogP contribution is -2.35. The van der Waals surface area contributed by atoms with E-state index in [9.17, 15) is 13.5 Å². The minimum atomic E-state index is -2.93. The molecule has 0 aliphatic carbocycles. The number of aliphatic hydroxyl groups excluding tert-OH is 1. The van der Waals surface area contributed by atoms with Gasteiger partial charge < -0.3 is 15.2 Å². The molecule has 0 amide bonds. The molecule has 17 heavy (non-hydrogen) atoms. The maximum atomic E-state index is 11.2. The van der Waals surface area contributed by atoms with Crippen molar-refractivity contribution in [2.45, 2.75) is 39.4 Å². The molecule has 0 aromatic carbocycles. The van der Waals surface area contributed by atoms with Crippen LogP contribution in [0.2, 0.25) is 0 Å². The third-order valence-electron chi connectivity index (χ3n) is 2.12. The molecule has 0 fully saturated rings. The monoisotopic (exact) mass is 267 g/mol. The molecule has 0 rings (SSSR count). The fourth-order valence-corrected chi connectivity index (χ4v) is 1.79.